The van der Waals surface area contributed by atoms with Crippen LogP contribution in [0.1, 0.15) is 17.0 Å². The molecule has 0 saturated carbocycles. The van der Waals surface area contributed by atoms with E-state index in [1.807, 2.05) is 26.0 Å². The summed E-state index contributed by atoms with van der Waals surface area (Å²) in [5.41, 5.74) is 3.08. The zero-order valence-corrected chi connectivity index (χ0v) is 11.6. The molecule has 0 aliphatic carbocycles. The summed E-state index contributed by atoms with van der Waals surface area (Å²) < 4.78 is 10.3. The van der Waals surface area contributed by atoms with E-state index in [1.54, 1.807) is 13.4 Å². The topological polar surface area (TPSA) is 60.2 Å². The fourth-order valence-corrected chi connectivity index (χ4v) is 1.90. The first-order chi connectivity index (χ1) is 9.22. The Morgan fingerprint density at radius 1 is 1.26 bits per heavy atom. The molecule has 2 aromatic rings. The number of hydrogen-bond donors (Lipinski definition) is 1. The molecule has 2 aromatic heterocycles. The van der Waals surface area contributed by atoms with E-state index in [0.717, 1.165) is 30.0 Å². The lowest BCUT2D eigenvalue weighted by atomic mass is 10.1. The second-order valence-corrected chi connectivity index (χ2v) is 4.34. The molecule has 0 atom stereocenters. The van der Waals surface area contributed by atoms with Crippen LogP contribution in [-0.4, -0.2) is 30.2 Å². The van der Waals surface area contributed by atoms with Gasteiger partial charge in [-0.15, -0.1) is 0 Å². The number of nitrogens with zero attached hydrogens (tertiary/aromatic N) is 2. The molecular weight excluding hydrogens is 242 g/mol. The van der Waals surface area contributed by atoms with Crippen LogP contribution in [0.25, 0.3) is 11.6 Å². The third kappa shape index (κ3) is 3.39. The SMILES string of the molecule is COCCNCc1c(C)nc(-c2ccco2)nc1C. The van der Waals surface area contributed by atoms with Gasteiger partial charge >= 0.3 is 0 Å². The lowest BCUT2D eigenvalue weighted by Gasteiger charge is -2.11. The molecule has 0 aliphatic heterocycles. The number of furan rings is 1. The normalized spacial score (nSPS) is 10.9. The Kier molecular flexibility index (Phi) is 4.65. The number of hydrogen-bond acceptors (Lipinski definition) is 5. The molecule has 0 fully saturated rings. The molecule has 0 aliphatic rings. The molecule has 19 heavy (non-hydrogen) atoms. The van der Waals surface area contributed by atoms with E-state index in [1.165, 1.54) is 0 Å². The molecule has 2 heterocycles. The molecule has 0 amide bonds. The largest absolute Gasteiger partial charge is 0.461 e. The number of aryl methyl sites for hydroxylation is 2. The third-order valence-electron chi connectivity index (χ3n) is 2.95. The van der Waals surface area contributed by atoms with Gasteiger partial charge in [-0.25, -0.2) is 9.97 Å². The van der Waals surface area contributed by atoms with Gasteiger partial charge in [0.2, 0.25) is 0 Å². The number of rotatable bonds is 6. The summed E-state index contributed by atoms with van der Waals surface area (Å²) >= 11 is 0. The average molecular weight is 261 g/mol. The van der Waals surface area contributed by atoms with Crippen molar-refractivity contribution < 1.29 is 9.15 Å². The van der Waals surface area contributed by atoms with Crippen LogP contribution >= 0.6 is 0 Å². The molecule has 0 bridgehead atoms. The molecular formula is C14H19N3O2. The van der Waals surface area contributed by atoms with E-state index < -0.39 is 0 Å². The maximum atomic E-state index is 5.33. The predicted octanol–water partition coefficient (Wildman–Crippen LogP) is 2.09. The monoisotopic (exact) mass is 261 g/mol. The first kappa shape index (κ1) is 13.7. The highest BCUT2D eigenvalue weighted by Crippen LogP contribution is 2.18. The van der Waals surface area contributed by atoms with E-state index in [4.69, 9.17) is 9.15 Å². The zero-order valence-electron chi connectivity index (χ0n) is 11.6. The molecule has 5 heteroatoms. The minimum atomic E-state index is 0.639. The van der Waals surface area contributed by atoms with E-state index in [0.29, 0.717) is 18.2 Å². The van der Waals surface area contributed by atoms with Crippen LogP contribution < -0.4 is 5.32 Å². The van der Waals surface area contributed by atoms with Crippen LogP contribution in [-0.2, 0) is 11.3 Å². The van der Waals surface area contributed by atoms with Gasteiger partial charge < -0.3 is 14.5 Å². The van der Waals surface area contributed by atoms with Crippen molar-refractivity contribution in [2.75, 3.05) is 20.3 Å². The maximum Gasteiger partial charge on any atom is 0.196 e. The number of methoxy groups -OCH3 is 1. The van der Waals surface area contributed by atoms with Gasteiger partial charge in [-0.1, -0.05) is 0 Å². The summed E-state index contributed by atoms with van der Waals surface area (Å²) in [5, 5.41) is 3.31. The highest BCUT2D eigenvalue weighted by atomic mass is 16.5. The summed E-state index contributed by atoms with van der Waals surface area (Å²) in [6, 6.07) is 3.70. The first-order valence-electron chi connectivity index (χ1n) is 6.30. The third-order valence-corrected chi connectivity index (χ3v) is 2.95. The van der Waals surface area contributed by atoms with Gasteiger partial charge in [0.05, 0.1) is 12.9 Å². The Morgan fingerprint density at radius 3 is 2.58 bits per heavy atom. The van der Waals surface area contributed by atoms with Crippen LogP contribution in [0.15, 0.2) is 22.8 Å². The summed E-state index contributed by atoms with van der Waals surface area (Å²) in [6.07, 6.45) is 1.63. The fourth-order valence-electron chi connectivity index (χ4n) is 1.90. The van der Waals surface area contributed by atoms with Crippen molar-refractivity contribution in [1.82, 2.24) is 15.3 Å². The molecule has 5 nitrogen and oxygen atoms in total. The molecule has 1 N–H and O–H groups in total. The Balaban J connectivity index is 2.13. The predicted molar refractivity (Wildman–Crippen MR) is 72.8 cm³/mol. The van der Waals surface area contributed by atoms with Gasteiger partial charge in [-0.3, -0.25) is 0 Å². The highest BCUT2D eigenvalue weighted by Gasteiger charge is 2.11. The number of nitrogens with one attached hydrogen (secondary N) is 1. The minimum absolute atomic E-state index is 0.639. The standard InChI is InChI=1S/C14H19N3O2/c1-10-12(9-15-6-8-18-3)11(2)17-14(16-10)13-5-4-7-19-13/h4-5,7,15H,6,8-9H2,1-3H3. The summed E-state index contributed by atoms with van der Waals surface area (Å²) in [4.78, 5) is 9.00. The summed E-state index contributed by atoms with van der Waals surface area (Å²) in [7, 11) is 1.69. The lowest BCUT2D eigenvalue weighted by molar-refractivity contribution is 0.199. The molecule has 0 unspecified atom stereocenters. The summed E-state index contributed by atoms with van der Waals surface area (Å²) in [5.74, 6) is 1.34. The smallest absolute Gasteiger partial charge is 0.196 e. The minimum Gasteiger partial charge on any atom is -0.461 e. The fraction of sp³-hybridized carbons (Fsp3) is 0.429. The first-order valence-corrected chi connectivity index (χ1v) is 6.30. The molecule has 102 valence electrons. The van der Waals surface area contributed by atoms with Gasteiger partial charge in [0.15, 0.2) is 11.6 Å². The quantitative estimate of drug-likeness (QED) is 0.807. The van der Waals surface area contributed by atoms with Crippen LogP contribution in [0.4, 0.5) is 0 Å². The van der Waals surface area contributed by atoms with Crippen LogP contribution in [0.5, 0.6) is 0 Å². The van der Waals surface area contributed by atoms with Gasteiger partial charge in [0.1, 0.15) is 0 Å². The van der Waals surface area contributed by atoms with Crippen molar-refractivity contribution in [2.45, 2.75) is 20.4 Å². The molecule has 0 spiro atoms. The van der Waals surface area contributed by atoms with Crippen LogP contribution in [0.3, 0.4) is 0 Å². The van der Waals surface area contributed by atoms with E-state index in [2.05, 4.69) is 15.3 Å². The van der Waals surface area contributed by atoms with E-state index in [-0.39, 0.29) is 0 Å². The van der Waals surface area contributed by atoms with Crippen molar-refractivity contribution in [3.63, 3.8) is 0 Å². The number of aromatic nitrogens is 2. The Morgan fingerprint density at radius 2 is 2.00 bits per heavy atom. The summed E-state index contributed by atoms with van der Waals surface area (Å²) in [6.45, 7) is 6.25. The van der Waals surface area contributed by atoms with Crippen LogP contribution in [0.2, 0.25) is 0 Å². The lowest BCUT2D eigenvalue weighted by Crippen LogP contribution is -2.20. The van der Waals surface area contributed by atoms with Crippen molar-refractivity contribution in [2.24, 2.45) is 0 Å². The molecule has 0 saturated heterocycles. The van der Waals surface area contributed by atoms with E-state index >= 15 is 0 Å². The van der Waals surface area contributed by atoms with Crippen molar-refractivity contribution in [3.05, 3.63) is 35.3 Å². The van der Waals surface area contributed by atoms with Gasteiger partial charge in [0.25, 0.3) is 0 Å². The van der Waals surface area contributed by atoms with Crippen molar-refractivity contribution in [3.8, 4) is 11.6 Å². The molecule has 0 aromatic carbocycles. The second kappa shape index (κ2) is 6.45. The Hall–Kier alpha value is -1.72. The molecule has 2 rings (SSSR count). The highest BCUT2D eigenvalue weighted by molar-refractivity contribution is 5.47. The van der Waals surface area contributed by atoms with Crippen molar-refractivity contribution >= 4 is 0 Å². The average Bonchev–Trinajstić information content (AvgIpc) is 2.90. The Labute approximate surface area is 113 Å². The van der Waals surface area contributed by atoms with Gasteiger partial charge in [0, 0.05) is 37.2 Å². The van der Waals surface area contributed by atoms with Gasteiger partial charge in [-0.2, -0.15) is 0 Å². The number of ether oxygens (including phenoxy) is 1. The van der Waals surface area contributed by atoms with Crippen molar-refractivity contribution in [1.29, 1.82) is 0 Å². The Bertz CT molecular complexity index is 500. The second-order valence-electron chi connectivity index (χ2n) is 4.34. The van der Waals surface area contributed by atoms with Crippen LogP contribution in [0, 0.1) is 13.8 Å². The van der Waals surface area contributed by atoms with E-state index in [9.17, 15) is 0 Å². The molecule has 0 radical (unpaired) electrons. The van der Waals surface area contributed by atoms with Gasteiger partial charge in [-0.05, 0) is 26.0 Å². The zero-order chi connectivity index (χ0) is 13.7. The maximum absolute atomic E-state index is 5.33.